The molecule has 2 amide bonds. The highest BCUT2D eigenvalue weighted by Gasteiger charge is 2.31. The van der Waals surface area contributed by atoms with Crippen molar-refractivity contribution in [2.75, 3.05) is 13.1 Å². The first kappa shape index (κ1) is 28.0. The van der Waals surface area contributed by atoms with E-state index in [4.69, 9.17) is 16.2 Å². The van der Waals surface area contributed by atoms with Crippen molar-refractivity contribution in [3.63, 3.8) is 0 Å². The van der Waals surface area contributed by atoms with Crippen LogP contribution in [0.3, 0.4) is 0 Å². The fourth-order valence-electron chi connectivity index (χ4n) is 3.85. The third-order valence-corrected chi connectivity index (χ3v) is 7.55. The van der Waals surface area contributed by atoms with Gasteiger partial charge < -0.3 is 26.2 Å². The minimum atomic E-state index is -1.45. The van der Waals surface area contributed by atoms with Gasteiger partial charge in [-0.25, -0.2) is 4.79 Å². The van der Waals surface area contributed by atoms with Crippen LogP contribution in [-0.4, -0.2) is 63.6 Å². The summed E-state index contributed by atoms with van der Waals surface area (Å²) in [5.41, 5.74) is 7.59. The van der Waals surface area contributed by atoms with E-state index in [1.807, 2.05) is 45.2 Å². The highest BCUT2D eigenvalue weighted by atomic mass is 127. The van der Waals surface area contributed by atoms with Gasteiger partial charge in [0.25, 0.3) is 5.91 Å². The molecule has 3 rings (SSSR count). The van der Waals surface area contributed by atoms with Crippen molar-refractivity contribution in [2.24, 2.45) is 11.7 Å². The molecule has 12 heteroatoms. The summed E-state index contributed by atoms with van der Waals surface area (Å²) in [6.07, 6.45) is 0.830. The lowest BCUT2D eigenvalue weighted by atomic mass is 9.92. The highest BCUT2D eigenvalue weighted by Crippen LogP contribution is 2.27. The van der Waals surface area contributed by atoms with Gasteiger partial charge in [-0.05, 0) is 94.3 Å². The number of carboxylic acid groups (broad SMARTS) is 1. The van der Waals surface area contributed by atoms with Gasteiger partial charge in [-0.1, -0.05) is 12.1 Å². The maximum atomic E-state index is 12.8. The van der Waals surface area contributed by atoms with E-state index in [2.05, 4.69) is 5.32 Å². The molecule has 0 aliphatic carbocycles. The van der Waals surface area contributed by atoms with Crippen molar-refractivity contribution in [3.8, 4) is 5.75 Å². The second kappa shape index (κ2) is 12.1. The number of aliphatic carboxylic acids is 1. The van der Waals surface area contributed by atoms with E-state index in [9.17, 15) is 24.3 Å². The summed E-state index contributed by atoms with van der Waals surface area (Å²) in [5, 5.41) is 29.4. The topological polar surface area (TPSA) is 174 Å². The van der Waals surface area contributed by atoms with Gasteiger partial charge in [-0.3, -0.25) is 19.8 Å². The van der Waals surface area contributed by atoms with E-state index in [0.717, 1.165) is 5.56 Å². The van der Waals surface area contributed by atoms with E-state index in [1.165, 1.54) is 0 Å². The normalized spacial score (nSPS) is 14.7. The van der Waals surface area contributed by atoms with Crippen molar-refractivity contribution in [1.82, 2.24) is 10.2 Å². The third kappa shape index (κ3) is 6.79. The average molecular weight is 718 g/mol. The SMILES string of the molecule is N=C(NC(=O)[C@@H](N)Cc1cc(I)c(O)c(I)c1)c1ccc(C(=O)N2CCC(C(=O)C(=O)O)CC2)cc1. The number of ketones is 1. The first-order valence-corrected chi connectivity index (χ1v) is 13.1. The Kier molecular flexibility index (Phi) is 9.41. The number of phenols is 1. The molecular formula is C24H24I2N4O6. The largest absolute Gasteiger partial charge is 0.506 e. The fourth-order valence-corrected chi connectivity index (χ4v) is 5.75. The van der Waals surface area contributed by atoms with E-state index < -0.39 is 29.6 Å². The first-order chi connectivity index (χ1) is 17.0. The molecule has 0 saturated carbocycles. The number of halogens is 2. The number of aromatic hydroxyl groups is 1. The lowest BCUT2D eigenvalue weighted by Crippen LogP contribution is -2.44. The number of amidine groups is 1. The van der Waals surface area contributed by atoms with E-state index in [1.54, 1.807) is 41.3 Å². The molecule has 0 unspecified atom stereocenters. The molecule has 1 atom stereocenters. The number of nitrogens with zero attached hydrogens (tertiary/aromatic N) is 1. The van der Waals surface area contributed by atoms with E-state index in [-0.39, 0.29) is 37.0 Å². The number of benzene rings is 2. The van der Waals surface area contributed by atoms with Gasteiger partial charge in [-0.2, -0.15) is 0 Å². The molecule has 0 bridgehead atoms. The number of hydrogen-bond acceptors (Lipinski definition) is 7. The molecular weight excluding hydrogens is 694 g/mol. The molecule has 2 aromatic rings. The number of hydrogen-bond donors (Lipinski definition) is 5. The zero-order valence-electron chi connectivity index (χ0n) is 19.0. The van der Waals surface area contributed by atoms with Crippen molar-refractivity contribution < 1.29 is 29.4 Å². The Morgan fingerprint density at radius 1 is 1.06 bits per heavy atom. The predicted octanol–water partition coefficient (Wildman–Crippen LogP) is 2.12. The number of rotatable bonds is 7. The molecule has 0 aromatic heterocycles. The number of carboxylic acids is 1. The molecule has 1 saturated heterocycles. The summed E-state index contributed by atoms with van der Waals surface area (Å²) in [5.74, 6) is -3.60. The number of phenolic OH excluding ortho intramolecular Hbond substituents is 1. The fraction of sp³-hybridized carbons (Fsp3) is 0.292. The Hall–Kier alpha value is -2.59. The van der Waals surface area contributed by atoms with Gasteiger partial charge in [0.1, 0.15) is 11.6 Å². The Morgan fingerprint density at radius 3 is 2.11 bits per heavy atom. The quantitative estimate of drug-likeness (QED) is 0.126. The number of nitrogens with two attached hydrogens (primary N) is 1. The standard InChI is InChI=1S/C24H24I2N4O6/c25-16-9-12(10-17(26)20(16)32)11-18(27)22(33)29-21(28)14-1-3-15(4-2-14)23(34)30-7-5-13(6-8-30)19(31)24(35)36/h1-4,9-10,13,18,32H,5-8,11,27H2,(H,35,36)(H2,28,29,33)/t18-/m0/s1. The molecule has 6 N–H and O–H groups in total. The highest BCUT2D eigenvalue weighted by molar-refractivity contribution is 14.1. The molecule has 1 fully saturated rings. The van der Waals surface area contributed by atoms with Gasteiger partial charge in [0.15, 0.2) is 0 Å². The van der Waals surface area contributed by atoms with Crippen molar-refractivity contribution >= 4 is 74.6 Å². The molecule has 2 aromatic carbocycles. The monoisotopic (exact) mass is 718 g/mol. The number of piperidine rings is 1. The van der Waals surface area contributed by atoms with Gasteiger partial charge in [0, 0.05) is 30.1 Å². The summed E-state index contributed by atoms with van der Waals surface area (Å²) in [6.45, 7) is 0.570. The number of carbonyl (C=O) groups is 4. The Bertz CT molecular complexity index is 1190. The number of likely N-dealkylation sites (tertiary alicyclic amines) is 1. The molecule has 10 nitrogen and oxygen atoms in total. The maximum absolute atomic E-state index is 12.8. The summed E-state index contributed by atoms with van der Waals surface area (Å²) in [6, 6.07) is 8.79. The van der Waals surface area contributed by atoms with Gasteiger partial charge in [-0.15, -0.1) is 0 Å². The van der Waals surface area contributed by atoms with Crippen LogP contribution in [-0.2, 0) is 20.8 Å². The second-order valence-corrected chi connectivity index (χ2v) is 10.7. The number of Topliss-reactive ketones (excluding diaryl/α,β-unsaturated/α-hetero) is 1. The third-order valence-electron chi connectivity index (χ3n) is 5.90. The van der Waals surface area contributed by atoms with Crippen LogP contribution < -0.4 is 11.1 Å². The van der Waals surface area contributed by atoms with Crippen molar-refractivity contribution in [2.45, 2.75) is 25.3 Å². The first-order valence-electron chi connectivity index (χ1n) is 11.0. The number of carbonyl (C=O) groups excluding carboxylic acids is 3. The van der Waals surface area contributed by atoms with Gasteiger partial charge in [0.05, 0.1) is 13.2 Å². The van der Waals surface area contributed by atoms with Crippen LogP contribution in [0, 0.1) is 18.5 Å². The second-order valence-electron chi connectivity index (χ2n) is 8.40. The molecule has 1 aliphatic rings. The average Bonchev–Trinajstić information content (AvgIpc) is 2.86. The van der Waals surface area contributed by atoms with Crippen LogP contribution in [0.2, 0.25) is 0 Å². The maximum Gasteiger partial charge on any atom is 0.372 e. The number of nitrogens with one attached hydrogen (secondary N) is 2. The summed E-state index contributed by atoms with van der Waals surface area (Å²) >= 11 is 4.00. The lowest BCUT2D eigenvalue weighted by Gasteiger charge is -2.30. The van der Waals surface area contributed by atoms with Crippen LogP contribution >= 0.6 is 45.2 Å². The lowest BCUT2D eigenvalue weighted by molar-refractivity contribution is -0.151. The minimum absolute atomic E-state index is 0.155. The molecule has 1 aliphatic heterocycles. The van der Waals surface area contributed by atoms with Crippen molar-refractivity contribution in [1.29, 1.82) is 5.41 Å². The molecule has 36 heavy (non-hydrogen) atoms. The van der Waals surface area contributed by atoms with Crippen molar-refractivity contribution in [3.05, 3.63) is 60.2 Å². The van der Waals surface area contributed by atoms with E-state index in [0.29, 0.717) is 31.1 Å². The summed E-state index contributed by atoms with van der Waals surface area (Å²) in [7, 11) is 0. The summed E-state index contributed by atoms with van der Waals surface area (Å²) < 4.78 is 1.31. The number of amides is 2. The van der Waals surface area contributed by atoms with Gasteiger partial charge >= 0.3 is 5.97 Å². The Morgan fingerprint density at radius 2 is 1.58 bits per heavy atom. The van der Waals surface area contributed by atoms with Crippen LogP contribution in [0.4, 0.5) is 0 Å². The predicted molar refractivity (Wildman–Crippen MR) is 148 cm³/mol. The Labute approximate surface area is 234 Å². The van der Waals surface area contributed by atoms with Crippen LogP contribution in [0.5, 0.6) is 5.75 Å². The minimum Gasteiger partial charge on any atom is -0.506 e. The molecule has 1 heterocycles. The smallest absolute Gasteiger partial charge is 0.372 e. The van der Waals surface area contributed by atoms with Crippen LogP contribution in [0.15, 0.2) is 36.4 Å². The summed E-state index contributed by atoms with van der Waals surface area (Å²) in [4.78, 5) is 49.3. The zero-order valence-corrected chi connectivity index (χ0v) is 23.3. The van der Waals surface area contributed by atoms with Gasteiger partial charge in [0.2, 0.25) is 11.7 Å². The zero-order chi connectivity index (χ0) is 26.6. The Balaban J connectivity index is 1.55. The van der Waals surface area contributed by atoms with E-state index >= 15 is 0 Å². The van der Waals surface area contributed by atoms with Crippen LogP contribution in [0.1, 0.15) is 34.3 Å². The molecule has 0 radical (unpaired) electrons. The molecule has 0 spiro atoms. The molecule has 190 valence electrons. The van der Waals surface area contributed by atoms with Crippen LogP contribution in [0.25, 0.3) is 0 Å².